The summed E-state index contributed by atoms with van der Waals surface area (Å²) in [6, 6.07) is 0. The maximum atomic E-state index is 11.5. The molecule has 7 heteroatoms. The van der Waals surface area contributed by atoms with Crippen LogP contribution in [0.15, 0.2) is 14.4 Å². The Kier molecular flexibility index (Phi) is 1.82. The van der Waals surface area contributed by atoms with Crippen LogP contribution in [0.4, 0.5) is 0 Å². The molecule has 2 rings (SSSR count). The van der Waals surface area contributed by atoms with Crippen molar-refractivity contribution in [3.8, 4) is 0 Å². The van der Waals surface area contributed by atoms with E-state index in [2.05, 4.69) is 9.97 Å². The Labute approximate surface area is 82.4 Å². The van der Waals surface area contributed by atoms with Gasteiger partial charge in [0.15, 0.2) is 5.52 Å². The van der Waals surface area contributed by atoms with Crippen LogP contribution >= 0.6 is 0 Å². The summed E-state index contributed by atoms with van der Waals surface area (Å²) in [5.41, 5.74) is -1.22. The first kappa shape index (κ1) is 9.38. The smallest absolute Gasteiger partial charge is 0.294 e. The van der Waals surface area contributed by atoms with E-state index in [0.717, 1.165) is 0 Å². The Morgan fingerprint density at radius 1 is 1.20 bits per heavy atom. The SMILES string of the molecule is Cc1nc2c(=O)[nH]c(=O)[nH]c2n(C)c1=O. The predicted octanol–water partition coefficient (Wildman–Crippen LogP) is -1.38. The first-order valence-corrected chi connectivity index (χ1v) is 4.20. The molecule has 0 aliphatic rings. The Morgan fingerprint density at radius 3 is 2.53 bits per heavy atom. The third-order valence-electron chi connectivity index (χ3n) is 2.13. The predicted molar refractivity (Wildman–Crippen MR) is 53.0 cm³/mol. The van der Waals surface area contributed by atoms with Crippen molar-refractivity contribution in [3.05, 3.63) is 36.9 Å². The van der Waals surface area contributed by atoms with Gasteiger partial charge in [-0.25, -0.2) is 9.78 Å². The van der Waals surface area contributed by atoms with Crippen LogP contribution in [0, 0.1) is 6.92 Å². The highest BCUT2D eigenvalue weighted by Crippen LogP contribution is 1.96. The van der Waals surface area contributed by atoms with Gasteiger partial charge in [-0.2, -0.15) is 0 Å². The van der Waals surface area contributed by atoms with Crippen LogP contribution in [0.1, 0.15) is 5.69 Å². The molecule has 2 aromatic heterocycles. The van der Waals surface area contributed by atoms with Crippen LogP contribution in [-0.2, 0) is 7.05 Å². The van der Waals surface area contributed by atoms with Crippen molar-refractivity contribution >= 4 is 11.2 Å². The average molecular weight is 208 g/mol. The lowest BCUT2D eigenvalue weighted by molar-refractivity contribution is 0.841. The molecule has 0 saturated carbocycles. The standard InChI is InChI=1S/C8H8N4O3/c1-3-7(14)12(2)5-4(9-3)6(13)11-8(15)10-5/h1-2H3,(H2,10,11,13,15). The second-order valence-corrected chi connectivity index (χ2v) is 3.17. The van der Waals surface area contributed by atoms with Crippen LogP contribution in [-0.4, -0.2) is 19.5 Å². The van der Waals surface area contributed by atoms with Gasteiger partial charge in [0.05, 0.1) is 0 Å². The minimum absolute atomic E-state index is 0.0502. The lowest BCUT2D eigenvalue weighted by Crippen LogP contribution is -2.30. The van der Waals surface area contributed by atoms with Crippen LogP contribution < -0.4 is 16.8 Å². The number of H-pyrrole nitrogens is 2. The minimum atomic E-state index is -0.659. The third-order valence-corrected chi connectivity index (χ3v) is 2.13. The molecule has 2 heterocycles. The van der Waals surface area contributed by atoms with Crippen molar-refractivity contribution in [1.82, 2.24) is 19.5 Å². The second-order valence-electron chi connectivity index (χ2n) is 3.17. The number of hydrogen-bond acceptors (Lipinski definition) is 4. The first-order valence-electron chi connectivity index (χ1n) is 4.20. The van der Waals surface area contributed by atoms with E-state index >= 15 is 0 Å². The number of nitrogens with zero attached hydrogens (tertiary/aromatic N) is 2. The molecule has 0 aromatic carbocycles. The maximum Gasteiger partial charge on any atom is 0.327 e. The average Bonchev–Trinajstić information content (AvgIpc) is 2.17. The number of hydrogen-bond donors (Lipinski definition) is 2. The van der Waals surface area contributed by atoms with E-state index < -0.39 is 11.2 Å². The van der Waals surface area contributed by atoms with Gasteiger partial charge >= 0.3 is 5.69 Å². The third kappa shape index (κ3) is 1.28. The molecule has 0 unspecified atom stereocenters. The molecular formula is C8H8N4O3. The summed E-state index contributed by atoms with van der Waals surface area (Å²) in [5.74, 6) is 0. The van der Waals surface area contributed by atoms with Gasteiger partial charge in [-0.3, -0.25) is 24.1 Å². The normalized spacial score (nSPS) is 10.8. The summed E-state index contributed by atoms with van der Waals surface area (Å²) in [7, 11) is 1.47. The van der Waals surface area contributed by atoms with Gasteiger partial charge in [0.25, 0.3) is 11.1 Å². The fourth-order valence-electron chi connectivity index (χ4n) is 1.37. The topological polar surface area (TPSA) is 101 Å². The fraction of sp³-hybridized carbons (Fsp3) is 0.250. The molecule has 0 amide bonds. The molecule has 0 radical (unpaired) electrons. The summed E-state index contributed by atoms with van der Waals surface area (Å²) in [6.07, 6.45) is 0. The summed E-state index contributed by atoms with van der Waals surface area (Å²) in [4.78, 5) is 42.1. The zero-order valence-electron chi connectivity index (χ0n) is 8.12. The summed E-state index contributed by atoms with van der Waals surface area (Å²) in [5, 5.41) is 0. The lowest BCUT2D eigenvalue weighted by Gasteiger charge is -2.03. The van der Waals surface area contributed by atoms with Crippen molar-refractivity contribution in [2.24, 2.45) is 7.05 Å². The summed E-state index contributed by atoms with van der Waals surface area (Å²) < 4.78 is 1.19. The zero-order valence-corrected chi connectivity index (χ0v) is 8.12. The van der Waals surface area contributed by atoms with Gasteiger partial charge in [-0.05, 0) is 6.92 Å². The van der Waals surface area contributed by atoms with Crippen molar-refractivity contribution < 1.29 is 0 Å². The van der Waals surface area contributed by atoms with E-state index in [0.29, 0.717) is 0 Å². The second kappa shape index (κ2) is 2.91. The Bertz CT molecular complexity index is 706. The van der Waals surface area contributed by atoms with Gasteiger partial charge in [0, 0.05) is 7.05 Å². The lowest BCUT2D eigenvalue weighted by atomic mass is 10.4. The number of aromatic amines is 2. The first-order chi connectivity index (χ1) is 7.00. The van der Waals surface area contributed by atoms with Gasteiger partial charge in [0.1, 0.15) is 11.3 Å². The highest BCUT2D eigenvalue weighted by molar-refractivity contribution is 5.68. The van der Waals surface area contributed by atoms with E-state index in [4.69, 9.17) is 0 Å². The number of nitrogens with one attached hydrogen (secondary N) is 2. The maximum absolute atomic E-state index is 11.5. The van der Waals surface area contributed by atoms with Gasteiger partial charge in [0.2, 0.25) is 0 Å². The van der Waals surface area contributed by atoms with E-state index in [9.17, 15) is 14.4 Å². The molecule has 0 bridgehead atoms. The molecule has 0 atom stereocenters. The molecule has 2 aromatic rings. The Hall–Kier alpha value is -2.18. The molecule has 0 fully saturated rings. The summed E-state index contributed by atoms with van der Waals surface area (Å²) >= 11 is 0. The highest BCUT2D eigenvalue weighted by atomic mass is 16.2. The Morgan fingerprint density at radius 2 is 1.87 bits per heavy atom. The van der Waals surface area contributed by atoms with Gasteiger partial charge < -0.3 is 0 Å². The number of aromatic nitrogens is 4. The minimum Gasteiger partial charge on any atom is -0.294 e. The van der Waals surface area contributed by atoms with E-state index in [1.165, 1.54) is 18.5 Å². The van der Waals surface area contributed by atoms with Crippen molar-refractivity contribution in [2.75, 3.05) is 0 Å². The fourth-order valence-corrected chi connectivity index (χ4v) is 1.37. The van der Waals surface area contributed by atoms with Crippen molar-refractivity contribution in [2.45, 2.75) is 6.92 Å². The highest BCUT2D eigenvalue weighted by Gasteiger charge is 2.08. The molecule has 0 aliphatic carbocycles. The summed E-state index contributed by atoms with van der Waals surface area (Å²) in [6.45, 7) is 1.51. The molecule has 15 heavy (non-hydrogen) atoms. The van der Waals surface area contributed by atoms with Crippen LogP contribution in [0.2, 0.25) is 0 Å². The van der Waals surface area contributed by atoms with Crippen LogP contribution in [0.3, 0.4) is 0 Å². The number of aryl methyl sites for hydroxylation is 2. The molecule has 78 valence electrons. The molecule has 0 spiro atoms. The number of fused-ring (bicyclic) bond motifs is 1. The van der Waals surface area contributed by atoms with Gasteiger partial charge in [-0.1, -0.05) is 0 Å². The zero-order chi connectivity index (χ0) is 11.2. The van der Waals surface area contributed by atoms with Crippen LogP contribution in [0.5, 0.6) is 0 Å². The van der Waals surface area contributed by atoms with E-state index in [-0.39, 0.29) is 22.4 Å². The molecule has 7 nitrogen and oxygen atoms in total. The van der Waals surface area contributed by atoms with Gasteiger partial charge in [-0.15, -0.1) is 0 Å². The largest absolute Gasteiger partial charge is 0.327 e. The molecule has 0 aliphatic heterocycles. The van der Waals surface area contributed by atoms with Crippen molar-refractivity contribution in [3.63, 3.8) is 0 Å². The number of rotatable bonds is 0. The molecule has 2 N–H and O–H groups in total. The van der Waals surface area contributed by atoms with E-state index in [1.807, 2.05) is 4.98 Å². The Balaban J connectivity index is 3.20. The van der Waals surface area contributed by atoms with E-state index in [1.54, 1.807) is 0 Å². The molecule has 0 saturated heterocycles. The monoisotopic (exact) mass is 208 g/mol. The van der Waals surface area contributed by atoms with Crippen molar-refractivity contribution in [1.29, 1.82) is 0 Å². The quantitative estimate of drug-likeness (QED) is 0.557. The van der Waals surface area contributed by atoms with Crippen LogP contribution in [0.25, 0.3) is 11.2 Å². The molecular weight excluding hydrogens is 200 g/mol.